The first-order valence-electron chi connectivity index (χ1n) is 40.0. The Labute approximate surface area is 630 Å². The van der Waals surface area contributed by atoms with Crippen LogP contribution in [0.2, 0.25) is 0 Å². The summed E-state index contributed by atoms with van der Waals surface area (Å²) < 4.78 is 42.7. The zero-order valence-electron chi connectivity index (χ0n) is 62.7. The second kappa shape index (κ2) is 28.7. The van der Waals surface area contributed by atoms with Crippen LogP contribution in [0, 0.1) is 139 Å². The molecule has 19 heteroatoms. The molecule has 12 fully saturated rings. The highest BCUT2D eigenvalue weighted by atomic mass is 79.9. The minimum absolute atomic E-state index is 0. The standard InChI is InChI=1S/2C28H38FN3O2.C22H35BrO2.C6H4FN3.2CH4/c1-26(34)10-11-27(2)18(13-26)4-5-19-20-6-7-22(28(20,3)9-8-21(19)27)24(33)16-32-15-17-12-25(29)30-14-23(17)31-32;1-26(34)10-11-27(2)18(13-26)4-5-19-20-6-7-22(28(20,3)9-8-21(19)27)24(33)16-32-23-15-30-25(29)12-17(23)14-31-32;1-20(25)10-11-21(2)14(12-20)4-5-15-16-6-7-18(19(24)13-23)22(16,3)9-8-17(15)21;7-6-1-4-2-9-10-5(4)3-8-6;;/h2*12,14-15,18-22,34H,4-11,13,16H2,1-3H3;14-18,25H,4-13H2,1-3H3;1-3H,(H,9,10);2*1H4/t2*18-,19-,20-,21-,22+,26+,27-,28-;14-,15-,16-,17-,18+,20+,21-,22-;;;/m000.../s1. The minimum Gasteiger partial charge on any atom is -0.390 e. The van der Waals surface area contributed by atoms with Crippen LogP contribution in [0.25, 0.3) is 32.7 Å². The molecule has 576 valence electrons. The van der Waals surface area contributed by atoms with Crippen LogP contribution in [-0.4, -0.2) is 99.5 Å². The number of Topliss-reactive ketones (excluding diaryl/α,β-unsaturated/α-hetero) is 3. The van der Waals surface area contributed by atoms with Crippen molar-refractivity contribution in [2.24, 2.45) is 121 Å². The number of carbonyl (C=O) groups excluding carboxylic acids is 3. The number of pyridine rings is 3. The predicted octanol–water partition coefficient (Wildman–Crippen LogP) is 18.8. The Bertz CT molecular complexity index is 4170. The van der Waals surface area contributed by atoms with Crippen LogP contribution in [0.5, 0.6) is 0 Å². The molecule has 105 heavy (non-hydrogen) atoms. The van der Waals surface area contributed by atoms with Crippen molar-refractivity contribution in [3.05, 3.63) is 73.2 Å². The summed E-state index contributed by atoms with van der Waals surface area (Å²) >= 11 is 3.43. The van der Waals surface area contributed by atoms with Gasteiger partial charge in [-0.3, -0.25) is 28.8 Å². The van der Waals surface area contributed by atoms with Crippen LogP contribution in [0.4, 0.5) is 13.2 Å². The molecule has 0 radical (unpaired) electrons. The number of hydrogen-bond acceptors (Lipinski definition) is 12. The first-order chi connectivity index (χ1) is 48.8. The zero-order valence-corrected chi connectivity index (χ0v) is 64.3. The fourth-order valence-electron chi connectivity index (χ4n) is 27.4. The van der Waals surface area contributed by atoms with E-state index in [1.54, 1.807) is 28.0 Å². The molecular weight excluding hydrogens is 1390 g/mol. The van der Waals surface area contributed by atoms with Gasteiger partial charge in [-0.05, 0) is 298 Å². The van der Waals surface area contributed by atoms with E-state index in [1.807, 2.05) is 20.8 Å². The quantitative estimate of drug-likeness (QED) is 0.0827. The SMILES string of the molecule is C.C.C[C@@]1(O)CC[C@@]2(C)[C@@H](CC[C@@H]3[C@@H]2CC[C@]2(C)[C@@H](C(=O)CBr)CC[C@@H]32)C1.C[C@@]1(O)CC[C@@]2(C)[C@@H](CC[C@@H]3[C@@H]2CC[C@]2(C)[C@@H](C(=O)Cn4cc5cc(F)ncc5n4)CC[C@@H]32)C1.C[C@@]1(O)CC[C@@]2(C)[C@@H](CC[C@@H]3[C@@H]2CC[C@]2(C)[C@@H](C(=O)Cn4ncc5cc(F)ncc54)CC[C@@H]32)C1.Fc1cc2cn[nH]c2cn1. The van der Waals surface area contributed by atoms with Crippen molar-refractivity contribution < 1.29 is 42.9 Å². The smallest absolute Gasteiger partial charge is 0.213 e. The highest BCUT2D eigenvalue weighted by Gasteiger charge is 2.65. The lowest BCUT2D eigenvalue weighted by atomic mass is 9.44. The Kier molecular flexibility index (Phi) is 21.4. The van der Waals surface area contributed by atoms with Gasteiger partial charge in [0.05, 0.1) is 70.7 Å². The summed E-state index contributed by atoms with van der Waals surface area (Å²) in [4.78, 5) is 50.6. The summed E-state index contributed by atoms with van der Waals surface area (Å²) in [6, 6.07) is 4.08. The molecule has 0 amide bonds. The molecule has 0 saturated heterocycles. The lowest BCUT2D eigenvalue weighted by Crippen LogP contribution is -2.55. The topological polar surface area (TPSA) is 215 Å². The van der Waals surface area contributed by atoms with Gasteiger partial charge in [-0.1, -0.05) is 72.3 Å². The highest BCUT2D eigenvalue weighted by molar-refractivity contribution is 9.09. The summed E-state index contributed by atoms with van der Waals surface area (Å²) in [5, 5.41) is 49.9. The number of aliphatic hydroxyl groups is 3. The van der Waals surface area contributed by atoms with Gasteiger partial charge in [-0.2, -0.15) is 28.5 Å². The molecular formula is C86H123BrF3N9O6. The van der Waals surface area contributed by atoms with Gasteiger partial charge in [0.1, 0.15) is 17.8 Å². The molecule has 6 aromatic rings. The van der Waals surface area contributed by atoms with E-state index >= 15 is 0 Å². The molecule has 6 heterocycles. The van der Waals surface area contributed by atoms with Crippen molar-refractivity contribution >= 4 is 66.0 Å². The van der Waals surface area contributed by atoms with Crippen molar-refractivity contribution in [1.29, 1.82) is 0 Å². The van der Waals surface area contributed by atoms with E-state index in [0.29, 0.717) is 85.1 Å². The van der Waals surface area contributed by atoms with Gasteiger partial charge < -0.3 is 15.3 Å². The first kappa shape index (κ1) is 78.2. The molecule has 15 nitrogen and oxygen atoms in total. The maximum absolute atomic E-state index is 13.6. The average molecular weight is 1520 g/mol. The first-order valence-corrected chi connectivity index (χ1v) is 41.1. The molecule has 18 rings (SSSR count). The van der Waals surface area contributed by atoms with Gasteiger partial charge in [-0.25, -0.2) is 15.0 Å². The normalized spacial score (nSPS) is 42.5. The third kappa shape index (κ3) is 13.9. The monoisotopic (exact) mass is 1510 g/mol. The van der Waals surface area contributed by atoms with Crippen LogP contribution in [-0.2, 0) is 27.5 Å². The molecule has 6 aromatic heterocycles. The van der Waals surface area contributed by atoms with Gasteiger partial charge in [0.25, 0.3) is 0 Å². The number of fused-ring (bicyclic) bond motifs is 18. The van der Waals surface area contributed by atoms with E-state index in [2.05, 4.69) is 92.8 Å². The Hall–Kier alpha value is -4.98. The van der Waals surface area contributed by atoms with E-state index in [4.69, 9.17) is 0 Å². The number of aromatic nitrogens is 9. The fourth-order valence-corrected chi connectivity index (χ4v) is 27.8. The molecule has 0 aromatic carbocycles. The number of carbonyl (C=O) groups is 3. The zero-order chi connectivity index (χ0) is 72.8. The van der Waals surface area contributed by atoms with Crippen LogP contribution < -0.4 is 0 Å². The minimum atomic E-state index is -0.522. The number of ketones is 3. The van der Waals surface area contributed by atoms with Crippen LogP contribution in [0.15, 0.2) is 55.4 Å². The molecule has 4 N–H and O–H groups in total. The van der Waals surface area contributed by atoms with Crippen LogP contribution in [0.3, 0.4) is 0 Å². The van der Waals surface area contributed by atoms with Crippen molar-refractivity contribution in [3.8, 4) is 0 Å². The van der Waals surface area contributed by atoms with Gasteiger partial charge in [-0.15, -0.1) is 0 Å². The maximum Gasteiger partial charge on any atom is 0.213 e. The number of alkyl halides is 1. The number of halogens is 4. The Morgan fingerprint density at radius 2 is 0.857 bits per heavy atom. The number of H-pyrrole nitrogens is 1. The van der Waals surface area contributed by atoms with Crippen molar-refractivity contribution in [2.75, 3.05) is 5.33 Å². The van der Waals surface area contributed by atoms with Crippen LogP contribution in [0.1, 0.15) is 251 Å². The summed E-state index contributed by atoms with van der Waals surface area (Å²) in [7, 11) is 0. The summed E-state index contributed by atoms with van der Waals surface area (Å²) in [6.45, 7) is 21.4. The predicted molar refractivity (Wildman–Crippen MR) is 409 cm³/mol. The van der Waals surface area contributed by atoms with Gasteiger partial charge in [0.2, 0.25) is 17.8 Å². The number of nitrogens with zero attached hydrogens (tertiary/aromatic N) is 8. The van der Waals surface area contributed by atoms with Crippen molar-refractivity contribution in [2.45, 2.75) is 280 Å². The van der Waals surface area contributed by atoms with E-state index < -0.39 is 34.6 Å². The van der Waals surface area contributed by atoms with Crippen LogP contribution >= 0.6 is 15.9 Å². The van der Waals surface area contributed by atoms with Crippen molar-refractivity contribution in [1.82, 2.24) is 44.7 Å². The lowest BCUT2D eigenvalue weighted by molar-refractivity contribution is -0.151. The lowest BCUT2D eigenvalue weighted by Gasteiger charge is -2.61. The molecule has 0 spiro atoms. The fraction of sp³-hybridized carbons (Fsp3) is 0.756. The number of aromatic amines is 1. The molecule has 24 atom stereocenters. The molecule has 12 saturated carbocycles. The molecule has 12 aliphatic carbocycles. The third-order valence-electron chi connectivity index (χ3n) is 33.0. The Balaban J connectivity index is 0.000000131. The second-order valence-electron chi connectivity index (χ2n) is 38.4. The maximum atomic E-state index is 13.6. The summed E-state index contributed by atoms with van der Waals surface area (Å²) in [6.07, 6.45) is 39.9. The molecule has 0 unspecified atom stereocenters. The number of rotatable bonds is 8. The largest absolute Gasteiger partial charge is 0.390 e. The average Bonchev–Trinajstić information content (AvgIpc) is 1.71. The Morgan fingerprint density at radius 1 is 0.457 bits per heavy atom. The van der Waals surface area contributed by atoms with Crippen molar-refractivity contribution in [3.63, 3.8) is 0 Å². The Morgan fingerprint density at radius 3 is 1.31 bits per heavy atom. The van der Waals surface area contributed by atoms with E-state index in [9.17, 15) is 42.9 Å². The third-order valence-corrected chi connectivity index (χ3v) is 33.5. The van der Waals surface area contributed by atoms with Gasteiger partial charge in [0, 0.05) is 58.3 Å². The summed E-state index contributed by atoms with van der Waals surface area (Å²) in [5.41, 5.74) is 2.14. The van der Waals surface area contributed by atoms with E-state index in [0.717, 1.165) is 142 Å². The van der Waals surface area contributed by atoms with E-state index in [-0.39, 0.29) is 73.5 Å². The van der Waals surface area contributed by atoms with Gasteiger partial charge >= 0.3 is 0 Å². The number of nitrogens with one attached hydrogen (secondary N) is 1. The second-order valence-corrected chi connectivity index (χ2v) is 38.9. The van der Waals surface area contributed by atoms with E-state index in [1.165, 1.54) is 114 Å². The highest BCUT2D eigenvalue weighted by Crippen LogP contribution is 2.72. The number of hydrogen-bond donors (Lipinski definition) is 4. The molecule has 12 aliphatic rings. The van der Waals surface area contributed by atoms with Gasteiger partial charge in [0.15, 0.2) is 11.6 Å². The molecule has 0 bridgehead atoms. The molecule has 0 aliphatic heterocycles. The summed E-state index contributed by atoms with van der Waals surface area (Å²) in [5.74, 6) is 8.36.